The summed E-state index contributed by atoms with van der Waals surface area (Å²) in [7, 11) is 0. The number of hydrogen-bond acceptors (Lipinski definition) is 4. The van der Waals surface area contributed by atoms with Gasteiger partial charge in [0.2, 0.25) is 5.13 Å². The molecule has 0 fully saturated rings. The molecule has 0 saturated heterocycles. The Hall–Kier alpha value is -2.96. The van der Waals surface area contributed by atoms with Gasteiger partial charge >= 0.3 is 0 Å². The Morgan fingerprint density at radius 3 is 2.47 bits per heavy atom. The number of carbonyl (C=O) groups is 1. The lowest BCUT2D eigenvalue weighted by Crippen LogP contribution is -2.11. The van der Waals surface area contributed by atoms with Gasteiger partial charge in [0.15, 0.2) is 0 Å². The van der Waals surface area contributed by atoms with E-state index in [1.807, 2.05) is 80.1 Å². The molecule has 7 heteroatoms. The third-order valence-electron chi connectivity index (χ3n) is 4.97. The third-order valence-corrected chi connectivity index (χ3v) is 6.47. The fourth-order valence-corrected chi connectivity index (χ4v) is 4.51. The summed E-state index contributed by atoms with van der Waals surface area (Å²) in [5.74, 6) is -0.166. The van der Waals surface area contributed by atoms with Crippen molar-refractivity contribution < 1.29 is 4.79 Å². The number of benzene rings is 2. The van der Waals surface area contributed by atoms with Crippen LogP contribution in [0.3, 0.4) is 0 Å². The molecule has 0 unspecified atom stereocenters. The number of hydrogen-bond donors (Lipinski definition) is 1. The SMILES string of the molecule is Cc1nc(-n2nc(C)c(Cc3ccccc3Cl)c2C)sc1C(=O)Nc1ccccc1. The van der Waals surface area contributed by atoms with Crippen molar-refractivity contribution in [2.45, 2.75) is 27.2 Å². The van der Waals surface area contributed by atoms with E-state index in [0.29, 0.717) is 22.1 Å². The van der Waals surface area contributed by atoms with Gasteiger partial charge in [-0.25, -0.2) is 9.67 Å². The van der Waals surface area contributed by atoms with Crippen molar-refractivity contribution >= 4 is 34.5 Å². The maximum Gasteiger partial charge on any atom is 0.267 e. The molecule has 0 radical (unpaired) electrons. The van der Waals surface area contributed by atoms with Gasteiger partial charge < -0.3 is 5.32 Å². The highest BCUT2D eigenvalue weighted by Crippen LogP contribution is 2.28. The molecule has 4 rings (SSSR count). The summed E-state index contributed by atoms with van der Waals surface area (Å²) in [6.45, 7) is 5.85. The van der Waals surface area contributed by atoms with E-state index in [0.717, 1.165) is 33.2 Å². The van der Waals surface area contributed by atoms with E-state index in [1.165, 1.54) is 11.3 Å². The molecule has 0 bridgehead atoms. The predicted molar refractivity (Wildman–Crippen MR) is 122 cm³/mol. The van der Waals surface area contributed by atoms with Gasteiger partial charge in [-0.15, -0.1) is 0 Å². The number of rotatable bonds is 5. The quantitative estimate of drug-likeness (QED) is 0.433. The summed E-state index contributed by atoms with van der Waals surface area (Å²) >= 11 is 7.68. The Labute approximate surface area is 184 Å². The van der Waals surface area contributed by atoms with E-state index in [2.05, 4.69) is 10.3 Å². The minimum absolute atomic E-state index is 0.166. The number of nitrogens with one attached hydrogen (secondary N) is 1. The van der Waals surface area contributed by atoms with Gasteiger partial charge in [-0.3, -0.25) is 4.79 Å². The zero-order valence-corrected chi connectivity index (χ0v) is 18.5. The molecule has 1 N–H and O–H groups in total. The van der Waals surface area contributed by atoms with Crippen molar-refractivity contribution in [1.82, 2.24) is 14.8 Å². The molecule has 2 aromatic carbocycles. The molecule has 2 heterocycles. The van der Waals surface area contributed by atoms with Gasteiger partial charge in [0.25, 0.3) is 5.91 Å². The summed E-state index contributed by atoms with van der Waals surface area (Å²) in [4.78, 5) is 17.9. The second kappa shape index (κ2) is 8.42. The number of aromatic nitrogens is 3. The van der Waals surface area contributed by atoms with Crippen LogP contribution in [0.1, 0.15) is 37.9 Å². The number of anilines is 1. The van der Waals surface area contributed by atoms with E-state index < -0.39 is 0 Å². The summed E-state index contributed by atoms with van der Waals surface area (Å²) in [5, 5.41) is 9.04. The molecular weight excluding hydrogens is 416 g/mol. The standard InChI is InChI=1S/C23H21ClN4OS/c1-14-19(13-17-9-7-8-12-20(17)24)16(3)28(27-14)23-25-15(2)21(30-23)22(29)26-18-10-5-4-6-11-18/h4-12H,13H2,1-3H3,(H,26,29). The Balaban J connectivity index is 1.63. The first-order chi connectivity index (χ1) is 14.4. The Bertz CT molecular complexity index is 1210. The average Bonchev–Trinajstić information content (AvgIpc) is 3.25. The van der Waals surface area contributed by atoms with Crippen LogP contribution in [0.25, 0.3) is 5.13 Å². The summed E-state index contributed by atoms with van der Waals surface area (Å²) in [6, 6.07) is 17.2. The molecule has 4 aromatic rings. The number of nitrogens with zero attached hydrogens (tertiary/aromatic N) is 3. The average molecular weight is 437 g/mol. The van der Waals surface area contributed by atoms with E-state index >= 15 is 0 Å². The first kappa shape index (κ1) is 20.3. The highest BCUT2D eigenvalue weighted by atomic mass is 35.5. The van der Waals surface area contributed by atoms with Crippen molar-refractivity contribution in [1.29, 1.82) is 0 Å². The molecule has 0 atom stereocenters. The number of halogens is 1. The van der Waals surface area contributed by atoms with Crippen LogP contribution in [0, 0.1) is 20.8 Å². The maximum absolute atomic E-state index is 12.7. The molecule has 0 spiro atoms. The Kier molecular flexibility index (Phi) is 5.70. The van der Waals surface area contributed by atoms with Crippen LogP contribution in [-0.2, 0) is 6.42 Å². The Morgan fingerprint density at radius 1 is 1.03 bits per heavy atom. The van der Waals surface area contributed by atoms with E-state index in [1.54, 1.807) is 0 Å². The van der Waals surface area contributed by atoms with Gasteiger partial charge in [0.05, 0.1) is 11.4 Å². The number of para-hydroxylation sites is 1. The van der Waals surface area contributed by atoms with Crippen molar-refractivity contribution in [3.63, 3.8) is 0 Å². The van der Waals surface area contributed by atoms with Gasteiger partial charge in [-0.05, 0) is 44.5 Å². The van der Waals surface area contributed by atoms with E-state index in [9.17, 15) is 4.79 Å². The second-order valence-electron chi connectivity index (χ2n) is 7.06. The summed E-state index contributed by atoms with van der Waals surface area (Å²) in [5.41, 5.74) is 5.54. The van der Waals surface area contributed by atoms with Crippen LogP contribution < -0.4 is 5.32 Å². The Morgan fingerprint density at radius 2 is 1.73 bits per heavy atom. The molecule has 0 aliphatic rings. The number of amides is 1. The first-order valence-electron chi connectivity index (χ1n) is 9.56. The van der Waals surface area contributed by atoms with Gasteiger partial charge in [-0.1, -0.05) is 59.3 Å². The van der Waals surface area contributed by atoms with Crippen LogP contribution in [0.2, 0.25) is 5.02 Å². The molecule has 30 heavy (non-hydrogen) atoms. The molecule has 1 amide bonds. The highest BCUT2D eigenvalue weighted by Gasteiger charge is 2.20. The normalized spacial score (nSPS) is 10.9. The van der Waals surface area contributed by atoms with Crippen LogP contribution in [0.15, 0.2) is 54.6 Å². The van der Waals surface area contributed by atoms with Gasteiger partial charge in [0, 0.05) is 28.4 Å². The minimum Gasteiger partial charge on any atom is -0.321 e. The van der Waals surface area contributed by atoms with Crippen molar-refractivity contribution in [3.05, 3.63) is 92.7 Å². The molecule has 0 saturated carbocycles. The third kappa shape index (κ3) is 4.01. The predicted octanol–water partition coefficient (Wildman–Crippen LogP) is 5.75. The van der Waals surface area contributed by atoms with Crippen molar-refractivity contribution in [3.8, 4) is 5.13 Å². The zero-order valence-electron chi connectivity index (χ0n) is 16.9. The highest BCUT2D eigenvalue weighted by molar-refractivity contribution is 7.16. The topological polar surface area (TPSA) is 59.8 Å². The monoisotopic (exact) mass is 436 g/mol. The van der Waals surface area contributed by atoms with Crippen molar-refractivity contribution in [2.24, 2.45) is 0 Å². The molecule has 0 aliphatic heterocycles. The lowest BCUT2D eigenvalue weighted by atomic mass is 10.0. The molecular formula is C23H21ClN4OS. The lowest BCUT2D eigenvalue weighted by Gasteiger charge is -2.05. The van der Waals surface area contributed by atoms with Gasteiger partial charge in [0.1, 0.15) is 4.88 Å². The maximum atomic E-state index is 12.7. The molecule has 152 valence electrons. The largest absolute Gasteiger partial charge is 0.321 e. The van der Waals surface area contributed by atoms with Crippen LogP contribution >= 0.6 is 22.9 Å². The lowest BCUT2D eigenvalue weighted by molar-refractivity contribution is 0.103. The summed E-state index contributed by atoms with van der Waals surface area (Å²) < 4.78 is 1.82. The van der Waals surface area contributed by atoms with E-state index in [4.69, 9.17) is 16.7 Å². The smallest absolute Gasteiger partial charge is 0.267 e. The van der Waals surface area contributed by atoms with Gasteiger partial charge in [-0.2, -0.15) is 5.10 Å². The second-order valence-corrected chi connectivity index (χ2v) is 8.45. The fourth-order valence-electron chi connectivity index (χ4n) is 3.34. The van der Waals surface area contributed by atoms with E-state index in [-0.39, 0.29) is 5.91 Å². The van der Waals surface area contributed by atoms with Crippen molar-refractivity contribution in [2.75, 3.05) is 5.32 Å². The molecule has 2 aromatic heterocycles. The number of aryl methyl sites for hydroxylation is 2. The fraction of sp³-hybridized carbons (Fsp3) is 0.174. The van der Waals surface area contributed by atoms with Crippen LogP contribution in [-0.4, -0.2) is 20.7 Å². The minimum atomic E-state index is -0.166. The molecule has 5 nitrogen and oxygen atoms in total. The molecule has 0 aliphatic carbocycles. The first-order valence-corrected chi connectivity index (χ1v) is 10.8. The summed E-state index contributed by atoms with van der Waals surface area (Å²) in [6.07, 6.45) is 0.697. The zero-order chi connectivity index (χ0) is 21.3. The number of thiazole rings is 1. The van der Waals surface area contributed by atoms with Crippen LogP contribution in [0.4, 0.5) is 5.69 Å². The van der Waals surface area contributed by atoms with Crippen LogP contribution in [0.5, 0.6) is 0 Å². The number of carbonyl (C=O) groups excluding carboxylic acids is 1.